The fourth-order valence-electron chi connectivity index (χ4n) is 2.44. The summed E-state index contributed by atoms with van der Waals surface area (Å²) in [4.78, 5) is 12.1. The third kappa shape index (κ3) is 3.42. The van der Waals surface area contributed by atoms with Crippen LogP contribution in [0, 0.1) is 0 Å². The molecule has 0 fully saturated rings. The van der Waals surface area contributed by atoms with Gasteiger partial charge in [-0.3, -0.25) is 9.36 Å². The van der Waals surface area contributed by atoms with Crippen LogP contribution < -0.4 is 17.0 Å². The molecule has 0 aliphatic carbocycles. The molecular formula is C16H21ClN4O. The van der Waals surface area contributed by atoms with Gasteiger partial charge in [-0.2, -0.15) is 0 Å². The van der Waals surface area contributed by atoms with Crippen molar-refractivity contribution in [3.05, 3.63) is 51.3 Å². The predicted octanol–water partition coefficient (Wildman–Crippen LogP) is 2.47. The van der Waals surface area contributed by atoms with Gasteiger partial charge in [0.05, 0.1) is 5.69 Å². The summed E-state index contributed by atoms with van der Waals surface area (Å²) in [7, 11) is 1.68. The lowest BCUT2D eigenvalue weighted by atomic mass is 10.1. The molecule has 0 spiro atoms. The normalized spacial score (nSPS) is 11.9. The summed E-state index contributed by atoms with van der Waals surface area (Å²) < 4.78 is 3.45. The molecule has 1 aromatic heterocycles. The first kappa shape index (κ1) is 16.4. The fourth-order valence-corrected chi connectivity index (χ4v) is 2.56. The highest BCUT2D eigenvalue weighted by atomic mass is 35.5. The van der Waals surface area contributed by atoms with Gasteiger partial charge in [0, 0.05) is 24.7 Å². The van der Waals surface area contributed by atoms with Gasteiger partial charge in [-0.05, 0) is 24.1 Å². The second-order valence-electron chi connectivity index (χ2n) is 5.22. The highest BCUT2D eigenvalue weighted by Gasteiger charge is 2.10. The lowest BCUT2D eigenvalue weighted by Gasteiger charge is -2.16. The van der Waals surface area contributed by atoms with E-state index in [0.29, 0.717) is 10.6 Å². The van der Waals surface area contributed by atoms with E-state index >= 15 is 0 Å². The fraction of sp³-hybridized carbons (Fsp3) is 0.375. The van der Waals surface area contributed by atoms with Crippen molar-refractivity contribution < 1.29 is 0 Å². The third-order valence-corrected chi connectivity index (χ3v) is 3.92. The van der Waals surface area contributed by atoms with Gasteiger partial charge in [0.25, 0.3) is 5.56 Å². The van der Waals surface area contributed by atoms with Crippen molar-refractivity contribution in [2.75, 3.05) is 0 Å². The van der Waals surface area contributed by atoms with Crippen molar-refractivity contribution in [2.45, 2.75) is 32.7 Å². The maximum absolute atomic E-state index is 12.1. The number of hydrogen-bond acceptors (Lipinski definition) is 3. The maximum Gasteiger partial charge on any atom is 0.255 e. The Morgan fingerprint density at radius 3 is 2.50 bits per heavy atom. The Kier molecular flexibility index (Phi) is 5.44. The van der Waals surface area contributed by atoms with E-state index in [1.165, 1.54) is 4.57 Å². The van der Waals surface area contributed by atoms with E-state index in [2.05, 4.69) is 12.0 Å². The largest absolute Gasteiger partial charge is 0.320 e. The van der Waals surface area contributed by atoms with Crippen molar-refractivity contribution in [2.24, 2.45) is 18.0 Å². The first-order chi connectivity index (χ1) is 10.6. The molecule has 0 saturated carbocycles. The average molecular weight is 321 g/mol. The number of halogens is 1. The Morgan fingerprint density at radius 1 is 1.23 bits per heavy atom. The molecule has 2 aromatic rings. The molecule has 22 heavy (non-hydrogen) atoms. The van der Waals surface area contributed by atoms with Crippen LogP contribution in [0.3, 0.4) is 0 Å². The molecule has 1 aromatic carbocycles. The summed E-state index contributed by atoms with van der Waals surface area (Å²) in [5, 5.41) is 4.47. The summed E-state index contributed by atoms with van der Waals surface area (Å²) in [6.07, 6.45) is 3.24. The van der Waals surface area contributed by atoms with E-state index in [-0.39, 0.29) is 5.56 Å². The summed E-state index contributed by atoms with van der Waals surface area (Å²) in [6, 6.07) is 9.03. The zero-order valence-corrected chi connectivity index (χ0v) is 13.7. The van der Waals surface area contributed by atoms with E-state index < -0.39 is 0 Å². The highest BCUT2D eigenvalue weighted by Crippen LogP contribution is 2.20. The standard InChI is InChI=1S/C16H21ClN4O/c1-3-4-5-10-21-14(12-6-8-13(17)9-7-12)11-15(22)20(2)16(21)19-18/h6-9,11H,3-5,10,18H2,1-2H3. The number of unbranched alkanes of at least 4 members (excludes halogenated alkanes) is 2. The van der Waals surface area contributed by atoms with Crippen molar-refractivity contribution in [3.8, 4) is 11.3 Å². The van der Waals surface area contributed by atoms with Gasteiger partial charge in [0.15, 0.2) is 0 Å². The molecule has 2 rings (SSSR count). The van der Waals surface area contributed by atoms with Gasteiger partial charge in [-0.15, -0.1) is 5.10 Å². The summed E-state index contributed by atoms with van der Waals surface area (Å²) in [6.45, 7) is 2.91. The SMILES string of the molecule is CCCCCn1c(-c2ccc(Cl)cc2)cc(=O)n(C)c1=NN. The summed E-state index contributed by atoms with van der Waals surface area (Å²) in [5.74, 6) is 5.52. The van der Waals surface area contributed by atoms with Gasteiger partial charge in [0.2, 0.25) is 5.62 Å². The van der Waals surface area contributed by atoms with Gasteiger partial charge >= 0.3 is 0 Å². The van der Waals surface area contributed by atoms with E-state index in [4.69, 9.17) is 17.4 Å². The Balaban J connectivity index is 2.63. The predicted molar refractivity (Wildman–Crippen MR) is 89.4 cm³/mol. The molecule has 0 unspecified atom stereocenters. The van der Waals surface area contributed by atoms with Crippen LogP contribution in [0.4, 0.5) is 0 Å². The third-order valence-electron chi connectivity index (χ3n) is 3.66. The molecule has 118 valence electrons. The van der Waals surface area contributed by atoms with Crippen LogP contribution in [0.5, 0.6) is 0 Å². The maximum atomic E-state index is 12.1. The van der Waals surface area contributed by atoms with Crippen molar-refractivity contribution in [1.29, 1.82) is 0 Å². The molecule has 0 bridgehead atoms. The number of hydrogen-bond donors (Lipinski definition) is 1. The molecule has 6 heteroatoms. The Hall–Kier alpha value is -2.01. The Labute approximate surface area is 134 Å². The minimum absolute atomic E-state index is 0.138. The van der Waals surface area contributed by atoms with Crippen molar-refractivity contribution >= 4 is 11.6 Å². The average Bonchev–Trinajstić information content (AvgIpc) is 2.52. The zero-order valence-electron chi connectivity index (χ0n) is 12.9. The van der Waals surface area contributed by atoms with Crippen LogP contribution in [0.15, 0.2) is 40.2 Å². The van der Waals surface area contributed by atoms with Crippen LogP contribution in [0.1, 0.15) is 26.2 Å². The van der Waals surface area contributed by atoms with E-state index in [1.807, 2.05) is 28.8 Å². The molecule has 0 aliphatic rings. The summed E-state index contributed by atoms with van der Waals surface area (Å²) >= 11 is 5.95. The highest BCUT2D eigenvalue weighted by molar-refractivity contribution is 6.30. The quantitative estimate of drug-likeness (QED) is 0.522. The second-order valence-corrected chi connectivity index (χ2v) is 5.66. The van der Waals surface area contributed by atoms with Gasteiger partial charge < -0.3 is 10.4 Å². The smallest absolute Gasteiger partial charge is 0.255 e. The zero-order chi connectivity index (χ0) is 16.1. The minimum atomic E-state index is -0.138. The number of rotatable bonds is 5. The Morgan fingerprint density at radius 2 is 1.91 bits per heavy atom. The molecule has 0 atom stereocenters. The number of nitrogens with zero attached hydrogens (tertiary/aromatic N) is 3. The molecular weight excluding hydrogens is 300 g/mol. The molecule has 5 nitrogen and oxygen atoms in total. The van der Waals surface area contributed by atoms with E-state index in [9.17, 15) is 4.79 Å². The summed E-state index contributed by atoms with van der Waals surface area (Å²) in [5.41, 5.74) is 2.05. The van der Waals surface area contributed by atoms with E-state index in [1.54, 1.807) is 13.1 Å². The van der Waals surface area contributed by atoms with Crippen LogP contribution in [0.2, 0.25) is 5.02 Å². The molecule has 0 saturated heterocycles. The monoisotopic (exact) mass is 320 g/mol. The van der Waals surface area contributed by atoms with Crippen molar-refractivity contribution in [3.63, 3.8) is 0 Å². The van der Waals surface area contributed by atoms with Crippen LogP contribution in [-0.2, 0) is 13.6 Å². The second kappa shape index (κ2) is 7.31. The Bertz CT molecular complexity index is 759. The van der Waals surface area contributed by atoms with Gasteiger partial charge in [-0.1, -0.05) is 43.5 Å². The molecule has 2 N–H and O–H groups in total. The van der Waals surface area contributed by atoms with Crippen LogP contribution in [0.25, 0.3) is 11.3 Å². The topological polar surface area (TPSA) is 65.3 Å². The molecule has 0 radical (unpaired) electrons. The molecule has 0 aliphatic heterocycles. The first-order valence-corrected chi connectivity index (χ1v) is 7.77. The minimum Gasteiger partial charge on any atom is -0.320 e. The van der Waals surface area contributed by atoms with E-state index in [0.717, 1.165) is 37.1 Å². The first-order valence-electron chi connectivity index (χ1n) is 7.39. The van der Waals surface area contributed by atoms with Crippen LogP contribution in [-0.4, -0.2) is 9.13 Å². The van der Waals surface area contributed by atoms with Gasteiger partial charge in [-0.25, -0.2) is 0 Å². The number of benzene rings is 1. The van der Waals surface area contributed by atoms with Gasteiger partial charge in [0.1, 0.15) is 0 Å². The van der Waals surface area contributed by atoms with Crippen molar-refractivity contribution in [1.82, 2.24) is 9.13 Å². The lowest BCUT2D eigenvalue weighted by molar-refractivity contribution is 0.541. The molecule has 0 amide bonds. The molecule has 1 heterocycles. The van der Waals surface area contributed by atoms with Crippen LogP contribution >= 0.6 is 11.6 Å². The number of aromatic nitrogens is 2. The lowest BCUT2D eigenvalue weighted by Crippen LogP contribution is -2.40. The number of nitrogens with two attached hydrogens (primary N) is 1.